The van der Waals surface area contributed by atoms with Crippen LogP contribution in [0.4, 0.5) is 68.2 Å². The molecule has 0 saturated heterocycles. The number of aryl methyl sites for hydroxylation is 3. The van der Waals surface area contributed by atoms with E-state index < -0.39 is 17.9 Å². The maximum atomic E-state index is 11.7. The van der Waals surface area contributed by atoms with Crippen LogP contribution in [0.1, 0.15) is 33.4 Å². The average molecular weight is 1070 g/mol. The normalized spacial score (nSPS) is 11.3. The molecule has 0 amide bonds. The maximum absolute atomic E-state index is 11.7. The Morgan fingerprint density at radius 1 is 0.366 bits per heavy atom. The highest BCUT2D eigenvalue weighted by atomic mass is 16.4. The predicted octanol–water partition coefficient (Wildman–Crippen LogP) is 16.8. The predicted molar refractivity (Wildman–Crippen MR) is 324 cm³/mol. The van der Waals surface area contributed by atoms with Crippen LogP contribution in [0.5, 0.6) is 0 Å². The number of nitrogens with zero attached hydrogens (tertiary/aromatic N) is 7. The molecule has 9 aromatic rings. The minimum absolute atomic E-state index is 0.369. The smallest absolute Gasteiger partial charge is 0.346 e. The number of carboxylic acids is 3. The van der Waals surface area contributed by atoms with E-state index in [1.165, 1.54) is 18.2 Å². The third kappa shape index (κ3) is 12.7. The van der Waals surface area contributed by atoms with Gasteiger partial charge < -0.3 is 34.9 Å². The van der Waals surface area contributed by atoms with Gasteiger partial charge in [0.25, 0.3) is 5.70 Å². The number of benzene rings is 9. The van der Waals surface area contributed by atoms with Crippen LogP contribution in [0.25, 0.3) is 23.1 Å². The van der Waals surface area contributed by atoms with Crippen molar-refractivity contribution in [3.05, 3.63) is 280 Å². The van der Waals surface area contributed by atoms with E-state index in [0.29, 0.717) is 16.7 Å². The van der Waals surface area contributed by atoms with Crippen molar-refractivity contribution >= 4 is 104 Å². The summed E-state index contributed by atoms with van der Waals surface area (Å²) in [6.07, 6.45) is 4.03. The first kappa shape index (κ1) is 55.0. The summed E-state index contributed by atoms with van der Waals surface area (Å²) in [6, 6.07) is 74.5. The van der Waals surface area contributed by atoms with Gasteiger partial charge in [0, 0.05) is 68.2 Å². The van der Waals surface area contributed by atoms with Crippen LogP contribution in [0.15, 0.2) is 235 Å². The lowest BCUT2D eigenvalue weighted by molar-refractivity contribution is -0.133. The summed E-state index contributed by atoms with van der Waals surface area (Å²) < 4.78 is 0. The fourth-order valence-electron chi connectivity index (χ4n) is 9.42. The standard InChI is InChI=1S/C69H51N7O6/c1-46-8-5-11-63(38-46)74(54-20-14-49(15-21-54)41-52(44-70)67(77)78)60-32-26-57(27-33-60)73(58-28-34-61(35-29-58)75(64-12-6-9-47(2)39-64)55-22-16-50(17-23-55)42-53(45-71)68(79)80)59-30-36-62(37-31-59)76(65-13-7-10-48(3)40-65)56-24-18-51(19-25-56)43-66(72-4)69(81)82/h5-43H,1-3H3,(H,77,78)(H,79,80)(H,81,82). The molecule has 0 saturated carbocycles. The van der Waals surface area contributed by atoms with Gasteiger partial charge in [-0.15, -0.1) is 0 Å². The lowest BCUT2D eigenvalue weighted by Gasteiger charge is -2.30. The fourth-order valence-corrected chi connectivity index (χ4v) is 9.42. The van der Waals surface area contributed by atoms with Crippen LogP contribution >= 0.6 is 0 Å². The molecule has 9 rings (SSSR count). The van der Waals surface area contributed by atoms with Crippen molar-refractivity contribution in [2.75, 3.05) is 19.6 Å². The van der Waals surface area contributed by atoms with Crippen molar-refractivity contribution in [2.24, 2.45) is 0 Å². The molecule has 0 atom stereocenters. The van der Waals surface area contributed by atoms with Crippen molar-refractivity contribution in [1.82, 2.24) is 0 Å². The van der Waals surface area contributed by atoms with E-state index in [4.69, 9.17) is 6.57 Å². The first-order chi connectivity index (χ1) is 39.7. The van der Waals surface area contributed by atoms with Crippen LogP contribution in [-0.4, -0.2) is 33.2 Å². The molecule has 0 aromatic heterocycles. The van der Waals surface area contributed by atoms with Gasteiger partial charge in [-0.2, -0.15) is 10.5 Å². The van der Waals surface area contributed by atoms with Crippen LogP contribution in [0.2, 0.25) is 0 Å². The molecule has 13 heteroatoms. The third-order valence-electron chi connectivity index (χ3n) is 13.3. The topological polar surface area (TPSA) is 177 Å². The number of hydrogen-bond acceptors (Lipinski definition) is 9. The number of rotatable bonds is 18. The number of anilines is 12. The average Bonchev–Trinajstić information content (AvgIpc) is 3.53. The van der Waals surface area contributed by atoms with Crippen molar-refractivity contribution < 1.29 is 29.7 Å². The zero-order chi connectivity index (χ0) is 57.9. The molecule has 0 bridgehead atoms. The molecule has 13 nitrogen and oxygen atoms in total. The molecular formula is C69H51N7O6. The van der Waals surface area contributed by atoms with Gasteiger partial charge in [-0.1, -0.05) is 72.8 Å². The first-order valence-corrected chi connectivity index (χ1v) is 25.7. The molecule has 0 radical (unpaired) electrons. The van der Waals surface area contributed by atoms with Gasteiger partial charge in [0.15, 0.2) is 0 Å². The second-order valence-corrected chi connectivity index (χ2v) is 19.1. The van der Waals surface area contributed by atoms with Crippen molar-refractivity contribution in [3.63, 3.8) is 0 Å². The monoisotopic (exact) mass is 1070 g/mol. The van der Waals surface area contributed by atoms with Gasteiger partial charge in [0.05, 0.1) is 6.57 Å². The summed E-state index contributed by atoms with van der Waals surface area (Å²) in [5, 5.41) is 47.4. The number of carbonyl (C=O) groups is 3. The molecule has 82 heavy (non-hydrogen) atoms. The lowest BCUT2D eigenvalue weighted by Crippen LogP contribution is -2.14. The molecule has 3 N–H and O–H groups in total. The summed E-state index contributed by atoms with van der Waals surface area (Å²) in [6.45, 7) is 13.4. The summed E-state index contributed by atoms with van der Waals surface area (Å²) in [7, 11) is 0. The highest BCUT2D eigenvalue weighted by molar-refractivity contribution is 5.98. The quantitative estimate of drug-likeness (QED) is 0.0422. The molecule has 9 aromatic carbocycles. The molecule has 0 spiro atoms. The van der Waals surface area contributed by atoms with Gasteiger partial charge >= 0.3 is 17.9 Å². The molecule has 0 unspecified atom stereocenters. The molecule has 398 valence electrons. The minimum atomic E-state index is -1.30. The number of aliphatic carboxylic acids is 3. The zero-order valence-corrected chi connectivity index (χ0v) is 44.7. The number of hydrogen-bond donors (Lipinski definition) is 3. The molecular weight excluding hydrogens is 1020 g/mol. The van der Waals surface area contributed by atoms with Crippen molar-refractivity contribution in [1.29, 1.82) is 10.5 Å². The highest BCUT2D eigenvalue weighted by Crippen LogP contribution is 2.43. The van der Waals surface area contributed by atoms with E-state index in [2.05, 4.69) is 79.0 Å². The van der Waals surface area contributed by atoms with Gasteiger partial charge in [0.2, 0.25) is 0 Å². The van der Waals surface area contributed by atoms with E-state index in [-0.39, 0.29) is 16.8 Å². The molecule has 0 aliphatic heterocycles. The van der Waals surface area contributed by atoms with Crippen molar-refractivity contribution in [2.45, 2.75) is 20.8 Å². The van der Waals surface area contributed by atoms with E-state index >= 15 is 0 Å². The third-order valence-corrected chi connectivity index (χ3v) is 13.3. The highest BCUT2D eigenvalue weighted by Gasteiger charge is 2.21. The van der Waals surface area contributed by atoms with Crippen LogP contribution in [0.3, 0.4) is 0 Å². The van der Waals surface area contributed by atoms with E-state index in [9.17, 15) is 40.2 Å². The van der Waals surface area contributed by atoms with Crippen LogP contribution in [-0.2, 0) is 14.4 Å². The molecule has 0 aliphatic rings. The Labute approximate surface area is 475 Å². The fraction of sp³-hybridized carbons (Fsp3) is 0.0435. The summed E-state index contributed by atoms with van der Waals surface area (Å²) in [5.41, 5.74) is 13.9. The Balaban J connectivity index is 1.15. The largest absolute Gasteiger partial charge is 0.486 e. The van der Waals surface area contributed by atoms with Crippen molar-refractivity contribution in [3.8, 4) is 12.1 Å². The van der Waals surface area contributed by atoms with Crippen LogP contribution in [0, 0.1) is 50.0 Å². The minimum Gasteiger partial charge on any atom is -0.486 e. The number of carboxylic acid groups (broad SMARTS) is 3. The summed E-state index contributed by atoms with van der Waals surface area (Å²) in [5.74, 6) is -3.90. The Hall–Kier alpha value is -11.7. The molecule has 0 aliphatic carbocycles. The Bertz CT molecular complexity index is 3650. The van der Waals surface area contributed by atoms with E-state index in [0.717, 1.165) is 84.9 Å². The summed E-state index contributed by atoms with van der Waals surface area (Å²) >= 11 is 0. The zero-order valence-electron chi connectivity index (χ0n) is 44.7. The Morgan fingerprint density at radius 3 is 0.805 bits per heavy atom. The Kier molecular flexibility index (Phi) is 16.6. The first-order valence-electron chi connectivity index (χ1n) is 25.7. The van der Waals surface area contributed by atoms with Gasteiger partial charge in [-0.05, 0) is 218 Å². The second kappa shape index (κ2) is 24.7. The Morgan fingerprint density at radius 2 is 0.598 bits per heavy atom. The van der Waals surface area contributed by atoms with E-state index in [1.54, 1.807) is 48.5 Å². The molecule has 0 fully saturated rings. The van der Waals surface area contributed by atoms with Gasteiger partial charge in [-0.25, -0.2) is 14.4 Å². The number of nitriles is 2. The summed E-state index contributed by atoms with van der Waals surface area (Å²) in [4.78, 5) is 46.6. The lowest BCUT2D eigenvalue weighted by atomic mass is 10.1. The van der Waals surface area contributed by atoms with Gasteiger partial charge in [0.1, 0.15) is 23.3 Å². The molecule has 0 heterocycles. The maximum Gasteiger partial charge on any atom is 0.346 e. The van der Waals surface area contributed by atoms with Gasteiger partial charge in [-0.3, -0.25) is 4.79 Å². The van der Waals surface area contributed by atoms with Crippen LogP contribution < -0.4 is 19.6 Å². The SMILES string of the molecule is [C-]#[N+]C(=Cc1ccc(N(c2ccc(N(c3ccc(N(c4ccc(C=C(C#N)C(=O)O)cc4)c4cccc(C)c4)cc3)c3ccc(N(c4ccc(C=C(C#N)C(=O)O)cc4)c4cccc(C)c4)cc3)cc2)c2cccc(C)c2)cc1)C(=O)O. The second-order valence-electron chi connectivity index (χ2n) is 19.1. The van der Waals surface area contributed by atoms with E-state index in [1.807, 2.05) is 148 Å².